The summed E-state index contributed by atoms with van der Waals surface area (Å²) in [6.45, 7) is 0. The average molecular weight is 284 g/mol. The van der Waals surface area contributed by atoms with Crippen LogP contribution in [-0.4, -0.2) is 5.78 Å². The molecule has 0 bridgehead atoms. The first-order valence-electron chi connectivity index (χ1n) is 8.18. The Hall–Kier alpha value is -1.77. The predicted octanol–water partition coefficient (Wildman–Crippen LogP) is 4.29. The van der Waals surface area contributed by atoms with Crippen molar-refractivity contribution in [3.8, 4) is 0 Å². The van der Waals surface area contributed by atoms with Gasteiger partial charge in [0.15, 0.2) is 5.78 Å². The lowest BCUT2D eigenvalue weighted by Crippen LogP contribution is -2.27. The highest BCUT2D eigenvalue weighted by atomic mass is 16.1. The zero-order valence-electron chi connectivity index (χ0n) is 12.5. The predicted molar refractivity (Wildman–Crippen MR) is 86.0 cm³/mol. The molecule has 0 spiro atoms. The Balaban J connectivity index is 1.56. The van der Waals surface area contributed by atoms with Gasteiger partial charge in [0.25, 0.3) is 0 Å². The van der Waals surface area contributed by atoms with Crippen LogP contribution in [0.2, 0.25) is 0 Å². The first kappa shape index (κ1) is 14.2. The fourth-order valence-electron chi connectivity index (χ4n) is 3.29. The molecule has 0 unspecified atom stereocenters. The van der Waals surface area contributed by atoms with Gasteiger partial charge < -0.3 is 5.43 Å². The van der Waals surface area contributed by atoms with Crippen molar-refractivity contribution in [2.24, 2.45) is 0 Å². The molecule has 112 valence electrons. The van der Waals surface area contributed by atoms with Crippen molar-refractivity contribution < 1.29 is 4.79 Å². The summed E-state index contributed by atoms with van der Waals surface area (Å²) in [6, 6.07) is 8.64. The van der Waals surface area contributed by atoms with Crippen LogP contribution in [-0.2, 0) is 4.79 Å². The largest absolute Gasteiger partial charge is 0.301 e. The SMILES string of the molecule is O=C1CCCC=C1NNc1ccc(C2CCCCC2)cc1. The minimum atomic E-state index is 0.201. The van der Waals surface area contributed by atoms with Crippen molar-refractivity contribution >= 4 is 11.5 Å². The van der Waals surface area contributed by atoms with E-state index in [9.17, 15) is 4.79 Å². The average Bonchev–Trinajstić information content (AvgIpc) is 2.55. The molecule has 0 atom stereocenters. The number of allylic oxidation sites excluding steroid dienone is 2. The molecule has 0 heterocycles. The van der Waals surface area contributed by atoms with Crippen LogP contribution in [0.1, 0.15) is 62.8 Å². The Kier molecular flexibility index (Phi) is 4.59. The van der Waals surface area contributed by atoms with Crippen LogP contribution in [0.25, 0.3) is 0 Å². The third-order valence-corrected chi connectivity index (χ3v) is 4.59. The molecule has 1 aromatic carbocycles. The number of hydrazine groups is 1. The molecule has 3 heteroatoms. The van der Waals surface area contributed by atoms with Crippen molar-refractivity contribution in [2.75, 3.05) is 5.43 Å². The Morgan fingerprint density at radius 1 is 0.905 bits per heavy atom. The summed E-state index contributed by atoms with van der Waals surface area (Å²) in [5, 5.41) is 0. The molecular formula is C18H24N2O. The van der Waals surface area contributed by atoms with E-state index in [1.807, 2.05) is 6.08 Å². The van der Waals surface area contributed by atoms with Gasteiger partial charge in [-0.2, -0.15) is 0 Å². The van der Waals surface area contributed by atoms with Crippen LogP contribution in [0.5, 0.6) is 0 Å². The zero-order chi connectivity index (χ0) is 14.5. The van der Waals surface area contributed by atoms with Crippen LogP contribution >= 0.6 is 0 Å². The summed E-state index contributed by atoms with van der Waals surface area (Å²) < 4.78 is 0. The number of Topliss-reactive ketones (excluding diaryl/α,β-unsaturated/α-hetero) is 1. The first-order chi connectivity index (χ1) is 10.3. The van der Waals surface area contributed by atoms with Crippen molar-refractivity contribution in [2.45, 2.75) is 57.3 Å². The van der Waals surface area contributed by atoms with E-state index in [1.54, 1.807) is 0 Å². The summed E-state index contributed by atoms with van der Waals surface area (Å²) in [6.07, 6.45) is 11.4. The van der Waals surface area contributed by atoms with E-state index in [4.69, 9.17) is 0 Å². The highest BCUT2D eigenvalue weighted by molar-refractivity contribution is 5.95. The number of rotatable bonds is 4. The Morgan fingerprint density at radius 3 is 2.38 bits per heavy atom. The van der Waals surface area contributed by atoms with Crippen LogP contribution in [0.3, 0.4) is 0 Å². The maximum Gasteiger partial charge on any atom is 0.180 e. The minimum Gasteiger partial charge on any atom is -0.301 e. The number of anilines is 1. The number of hydrogen-bond acceptors (Lipinski definition) is 3. The highest BCUT2D eigenvalue weighted by Gasteiger charge is 2.15. The number of carbonyl (C=O) groups excluding carboxylic acids is 1. The second kappa shape index (κ2) is 6.79. The molecule has 21 heavy (non-hydrogen) atoms. The molecule has 2 N–H and O–H groups in total. The summed E-state index contributed by atoms with van der Waals surface area (Å²) in [4.78, 5) is 11.7. The molecule has 0 aliphatic heterocycles. The van der Waals surface area contributed by atoms with Crippen molar-refractivity contribution in [3.05, 3.63) is 41.6 Å². The monoisotopic (exact) mass is 284 g/mol. The van der Waals surface area contributed by atoms with Gasteiger partial charge in [-0.25, -0.2) is 0 Å². The van der Waals surface area contributed by atoms with Gasteiger partial charge in [0.1, 0.15) is 0 Å². The minimum absolute atomic E-state index is 0.201. The van der Waals surface area contributed by atoms with E-state index in [0.29, 0.717) is 12.1 Å². The molecule has 2 aliphatic carbocycles. The number of ketones is 1. The molecule has 0 amide bonds. The molecule has 3 nitrogen and oxygen atoms in total. The van der Waals surface area contributed by atoms with E-state index < -0.39 is 0 Å². The van der Waals surface area contributed by atoms with Gasteiger partial charge >= 0.3 is 0 Å². The van der Waals surface area contributed by atoms with Crippen LogP contribution < -0.4 is 10.9 Å². The van der Waals surface area contributed by atoms with Gasteiger partial charge in [-0.3, -0.25) is 10.2 Å². The first-order valence-corrected chi connectivity index (χ1v) is 8.18. The smallest absolute Gasteiger partial charge is 0.180 e. The molecule has 3 rings (SSSR count). The van der Waals surface area contributed by atoms with Gasteiger partial charge in [0, 0.05) is 6.42 Å². The Morgan fingerprint density at radius 2 is 1.67 bits per heavy atom. The number of carbonyl (C=O) groups is 1. The lowest BCUT2D eigenvalue weighted by atomic mass is 9.84. The third kappa shape index (κ3) is 3.66. The topological polar surface area (TPSA) is 41.1 Å². The summed E-state index contributed by atoms with van der Waals surface area (Å²) in [5.41, 5.74) is 9.35. The van der Waals surface area contributed by atoms with E-state index in [-0.39, 0.29) is 5.78 Å². The van der Waals surface area contributed by atoms with Gasteiger partial charge in [-0.05, 0) is 49.3 Å². The maximum atomic E-state index is 11.7. The van der Waals surface area contributed by atoms with Crippen molar-refractivity contribution in [3.63, 3.8) is 0 Å². The molecule has 0 saturated heterocycles. The molecule has 0 radical (unpaired) electrons. The maximum absolute atomic E-state index is 11.7. The zero-order valence-corrected chi connectivity index (χ0v) is 12.5. The summed E-state index contributed by atoms with van der Waals surface area (Å²) >= 11 is 0. The molecule has 1 aromatic rings. The van der Waals surface area contributed by atoms with Gasteiger partial charge in [-0.15, -0.1) is 0 Å². The normalized spacial score (nSPS) is 20.0. The molecule has 2 aliphatic rings. The van der Waals surface area contributed by atoms with Gasteiger partial charge in [0.2, 0.25) is 0 Å². The number of benzene rings is 1. The quantitative estimate of drug-likeness (QED) is 0.810. The fourth-order valence-corrected chi connectivity index (χ4v) is 3.29. The fraction of sp³-hybridized carbons (Fsp3) is 0.500. The van der Waals surface area contributed by atoms with Crippen LogP contribution in [0.4, 0.5) is 5.69 Å². The number of nitrogens with one attached hydrogen (secondary N) is 2. The van der Waals surface area contributed by atoms with Crippen molar-refractivity contribution in [1.82, 2.24) is 5.43 Å². The van der Waals surface area contributed by atoms with Crippen LogP contribution in [0, 0.1) is 0 Å². The molecule has 1 saturated carbocycles. The number of hydrogen-bond donors (Lipinski definition) is 2. The van der Waals surface area contributed by atoms with Crippen molar-refractivity contribution in [1.29, 1.82) is 0 Å². The molecule has 0 aromatic heterocycles. The van der Waals surface area contributed by atoms with Gasteiger partial charge in [-0.1, -0.05) is 37.5 Å². The van der Waals surface area contributed by atoms with E-state index >= 15 is 0 Å². The molecular weight excluding hydrogens is 260 g/mol. The van der Waals surface area contributed by atoms with Crippen LogP contribution in [0.15, 0.2) is 36.0 Å². The second-order valence-electron chi connectivity index (χ2n) is 6.14. The van der Waals surface area contributed by atoms with E-state index in [2.05, 4.69) is 35.1 Å². The second-order valence-corrected chi connectivity index (χ2v) is 6.14. The molecule has 1 fully saturated rings. The van der Waals surface area contributed by atoms with E-state index in [0.717, 1.165) is 24.4 Å². The summed E-state index contributed by atoms with van der Waals surface area (Å²) in [7, 11) is 0. The third-order valence-electron chi connectivity index (χ3n) is 4.59. The highest BCUT2D eigenvalue weighted by Crippen LogP contribution is 2.32. The Labute approximate surface area is 126 Å². The Bertz CT molecular complexity index is 513. The van der Waals surface area contributed by atoms with Gasteiger partial charge in [0.05, 0.1) is 11.4 Å². The summed E-state index contributed by atoms with van der Waals surface area (Å²) in [5.74, 6) is 0.941. The lowest BCUT2D eigenvalue weighted by molar-refractivity contribution is -0.116. The lowest BCUT2D eigenvalue weighted by Gasteiger charge is -2.22. The van der Waals surface area contributed by atoms with E-state index in [1.165, 1.54) is 37.7 Å². The standard InChI is InChI=1S/C18H24N2O/c21-18-9-5-4-8-17(18)20-19-16-12-10-15(11-13-16)14-6-2-1-3-7-14/h8,10-14,19-20H,1-7,9H2.